The van der Waals surface area contributed by atoms with E-state index in [1.165, 1.54) is 0 Å². The zero-order valence-electron chi connectivity index (χ0n) is 10.6. The van der Waals surface area contributed by atoms with E-state index in [2.05, 4.69) is 20.8 Å². The van der Waals surface area contributed by atoms with Crippen LogP contribution in [0.3, 0.4) is 0 Å². The summed E-state index contributed by atoms with van der Waals surface area (Å²) < 4.78 is 0. The van der Waals surface area contributed by atoms with Gasteiger partial charge in [-0.2, -0.15) is 0 Å². The van der Waals surface area contributed by atoms with Gasteiger partial charge in [0.05, 0.1) is 0 Å². The van der Waals surface area contributed by atoms with Crippen LogP contribution in [0.2, 0.25) is 0 Å². The van der Waals surface area contributed by atoms with Crippen LogP contribution < -0.4 is 0 Å². The van der Waals surface area contributed by atoms with Crippen LogP contribution in [0.25, 0.3) is 0 Å². The van der Waals surface area contributed by atoms with Crippen molar-refractivity contribution in [1.29, 1.82) is 0 Å². The Balaban J connectivity index is 2.21. The van der Waals surface area contributed by atoms with Gasteiger partial charge in [0.15, 0.2) is 0 Å². The van der Waals surface area contributed by atoms with Crippen LogP contribution in [-0.4, -0.2) is 11.6 Å². The lowest BCUT2D eigenvalue weighted by Gasteiger charge is -2.26. The molecule has 0 aliphatic heterocycles. The summed E-state index contributed by atoms with van der Waals surface area (Å²) in [4.78, 5) is 23.6. The molecular weight excluding hydrogens is 200 g/mol. The summed E-state index contributed by atoms with van der Waals surface area (Å²) in [6, 6.07) is 0. The van der Waals surface area contributed by atoms with Gasteiger partial charge in [-0.15, -0.1) is 0 Å². The molecule has 2 rings (SSSR count). The molecule has 0 saturated heterocycles. The first-order valence-corrected chi connectivity index (χ1v) is 6.43. The maximum atomic E-state index is 11.9. The highest BCUT2D eigenvalue weighted by atomic mass is 16.1. The zero-order valence-corrected chi connectivity index (χ0v) is 10.6. The van der Waals surface area contributed by atoms with Gasteiger partial charge in [0, 0.05) is 25.2 Å². The second-order valence-corrected chi connectivity index (χ2v) is 6.49. The maximum Gasteiger partial charge on any atom is 0.136 e. The molecule has 0 bridgehead atoms. The van der Waals surface area contributed by atoms with Gasteiger partial charge in [-0.05, 0) is 30.1 Å². The van der Waals surface area contributed by atoms with Gasteiger partial charge in [-0.3, -0.25) is 9.59 Å². The zero-order chi connectivity index (χ0) is 11.9. The highest BCUT2D eigenvalue weighted by molar-refractivity contribution is 5.88. The molecule has 2 unspecified atom stereocenters. The van der Waals surface area contributed by atoms with Gasteiger partial charge in [-0.25, -0.2) is 0 Å². The molecule has 3 atom stereocenters. The van der Waals surface area contributed by atoms with Crippen LogP contribution >= 0.6 is 0 Å². The van der Waals surface area contributed by atoms with Gasteiger partial charge in [0.2, 0.25) is 0 Å². The van der Waals surface area contributed by atoms with E-state index >= 15 is 0 Å². The Kier molecular flexibility index (Phi) is 2.93. The number of hydrogen-bond donors (Lipinski definition) is 0. The number of fused-ring (bicyclic) bond motifs is 1. The smallest absolute Gasteiger partial charge is 0.136 e. The number of ketones is 2. The minimum atomic E-state index is 0.167. The summed E-state index contributed by atoms with van der Waals surface area (Å²) in [5, 5.41) is 0. The molecule has 2 saturated carbocycles. The van der Waals surface area contributed by atoms with Crippen LogP contribution in [-0.2, 0) is 9.59 Å². The van der Waals surface area contributed by atoms with Crippen LogP contribution in [0.4, 0.5) is 0 Å². The van der Waals surface area contributed by atoms with Crippen LogP contribution in [0.15, 0.2) is 0 Å². The summed E-state index contributed by atoms with van der Waals surface area (Å²) in [6.07, 6.45) is 3.89. The lowest BCUT2D eigenvalue weighted by molar-refractivity contribution is -0.130. The highest BCUT2D eigenvalue weighted by Crippen LogP contribution is 2.50. The molecule has 0 radical (unpaired) electrons. The van der Waals surface area contributed by atoms with E-state index in [1.807, 2.05) is 0 Å². The number of rotatable bonds is 0. The SMILES string of the molecule is CC1C(=O)CCC(=O)C[C@@H]2CC(C)(C)CC12. The predicted molar refractivity (Wildman–Crippen MR) is 63.0 cm³/mol. The summed E-state index contributed by atoms with van der Waals surface area (Å²) in [5.74, 6) is 1.68. The van der Waals surface area contributed by atoms with Crippen molar-refractivity contribution in [2.75, 3.05) is 0 Å². The molecule has 2 fully saturated rings. The lowest BCUT2D eigenvalue weighted by Crippen LogP contribution is -2.28. The van der Waals surface area contributed by atoms with Crippen molar-refractivity contribution in [3.63, 3.8) is 0 Å². The van der Waals surface area contributed by atoms with Crippen molar-refractivity contribution in [3.05, 3.63) is 0 Å². The summed E-state index contributed by atoms with van der Waals surface area (Å²) in [6.45, 7) is 6.59. The molecule has 2 aliphatic carbocycles. The fraction of sp³-hybridized carbons (Fsp3) is 0.857. The first kappa shape index (κ1) is 11.8. The Morgan fingerprint density at radius 1 is 1.12 bits per heavy atom. The molecular formula is C14H22O2. The number of carbonyl (C=O) groups is 2. The van der Waals surface area contributed by atoms with Gasteiger partial charge in [0.25, 0.3) is 0 Å². The molecule has 2 aliphatic rings. The van der Waals surface area contributed by atoms with Crippen molar-refractivity contribution in [2.24, 2.45) is 23.2 Å². The molecule has 0 aromatic carbocycles. The Hall–Kier alpha value is -0.660. The Labute approximate surface area is 97.8 Å². The molecule has 2 nitrogen and oxygen atoms in total. The van der Waals surface area contributed by atoms with Crippen LogP contribution in [0.5, 0.6) is 0 Å². The molecule has 16 heavy (non-hydrogen) atoms. The maximum absolute atomic E-state index is 11.9. The third-order valence-corrected chi connectivity index (χ3v) is 4.50. The van der Waals surface area contributed by atoms with E-state index in [1.54, 1.807) is 0 Å². The molecule has 0 spiro atoms. The van der Waals surface area contributed by atoms with E-state index in [-0.39, 0.29) is 5.92 Å². The van der Waals surface area contributed by atoms with Crippen molar-refractivity contribution >= 4 is 11.6 Å². The Bertz CT molecular complexity index is 317. The van der Waals surface area contributed by atoms with Crippen LogP contribution in [0.1, 0.15) is 52.9 Å². The number of Topliss-reactive ketones (excluding diaryl/α,β-unsaturated/α-hetero) is 2. The van der Waals surface area contributed by atoms with Gasteiger partial charge >= 0.3 is 0 Å². The number of carbonyl (C=O) groups excluding carboxylic acids is 2. The second-order valence-electron chi connectivity index (χ2n) is 6.49. The largest absolute Gasteiger partial charge is 0.300 e. The van der Waals surface area contributed by atoms with Gasteiger partial charge in [0.1, 0.15) is 11.6 Å². The molecule has 2 heteroatoms. The van der Waals surface area contributed by atoms with E-state index in [4.69, 9.17) is 0 Å². The lowest BCUT2D eigenvalue weighted by atomic mass is 9.76. The van der Waals surface area contributed by atoms with Crippen molar-refractivity contribution in [2.45, 2.75) is 52.9 Å². The summed E-state index contributed by atoms with van der Waals surface area (Å²) in [5.41, 5.74) is 0.314. The van der Waals surface area contributed by atoms with Gasteiger partial charge < -0.3 is 0 Å². The van der Waals surface area contributed by atoms with E-state index in [9.17, 15) is 9.59 Å². The Morgan fingerprint density at radius 2 is 1.81 bits per heavy atom. The topological polar surface area (TPSA) is 34.1 Å². The third kappa shape index (κ3) is 2.21. The third-order valence-electron chi connectivity index (χ3n) is 4.50. The molecule has 0 amide bonds. The minimum Gasteiger partial charge on any atom is -0.300 e. The summed E-state index contributed by atoms with van der Waals surface area (Å²) in [7, 11) is 0. The first-order chi connectivity index (χ1) is 7.39. The molecule has 0 N–H and O–H groups in total. The van der Waals surface area contributed by atoms with E-state index in [0.717, 1.165) is 12.8 Å². The monoisotopic (exact) mass is 222 g/mol. The molecule has 0 aromatic rings. The predicted octanol–water partition coefficient (Wildman–Crippen LogP) is 3.00. The molecule has 0 aromatic heterocycles. The fourth-order valence-corrected chi connectivity index (χ4v) is 3.68. The average Bonchev–Trinajstić information content (AvgIpc) is 2.47. The van der Waals surface area contributed by atoms with E-state index < -0.39 is 0 Å². The van der Waals surface area contributed by atoms with Crippen molar-refractivity contribution < 1.29 is 9.59 Å². The highest BCUT2D eigenvalue weighted by Gasteiger charge is 2.44. The van der Waals surface area contributed by atoms with Crippen LogP contribution in [0, 0.1) is 23.2 Å². The number of hydrogen-bond acceptors (Lipinski definition) is 2. The quantitative estimate of drug-likeness (QED) is 0.631. The first-order valence-electron chi connectivity index (χ1n) is 6.43. The van der Waals surface area contributed by atoms with Crippen molar-refractivity contribution in [3.8, 4) is 0 Å². The normalized spacial score (nSPS) is 39.1. The standard InChI is InChI=1S/C14H22O2/c1-9-12-8-14(2,3)7-10(12)6-11(15)4-5-13(9)16/h9-10,12H,4-8H2,1-3H3/t9?,10-,12?/m1/s1. The van der Waals surface area contributed by atoms with E-state index in [0.29, 0.717) is 48.1 Å². The van der Waals surface area contributed by atoms with Gasteiger partial charge in [-0.1, -0.05) is 20.8 Å². The molecule has 90 valence electrons. The minimum absolute atomic E-state index is 0.167. The molecule has 0 heterocycles. The summed E-state index contributed by atoms with van der Waals surface area (Å²) >= 11 is 0. The average molecular weight is 222 g/mol. The van der Waals surface area contributed by atoms with Crippen molar-refractivity contribution in [1.82, 2.24) is 0 Å². The second kappa shape index (κ2) is 3.97. The fourth-order valence-electron chi connectivity index (χ4n) is 3.68. The Morgan fingerprint density at radius 3 is 2.50 bits per heavy atom.